The molecule has 1 amide bonds. The summed E-state index contributed by atoms with van der Waals surface area (Å²) in [6.07, 6.45) is -0.925. The molecule has 0 aliphatic rings. The van der Waals surface area contributed by atoms with Crippen LogP contribution in [0.25, 0.3) is 17.1 Å². The zero-order chi connectivity index (χ0) is 27.0. The van der Waals surface area contributed by atoms with Gasteiger partial charge in [-0.25, -0.2) is 13.4 Å². The second-order valence-corrected chi connectivity index (χ2v) is 10.2. The van der Waals surface area contributed by atoms with Gasteiger partial charge in [-0.05, 0) is 48.9 Å². The molecule has 0 saturated heterocycles. The van der Waals surface area contributed by atoms with Crippen molar-refractivity contribution in [3.8, 4) is 17.1 Å². The third-order valence-electron chi connectivity index (χ3n) is 5.59. The van der Waals surface area contributed by atoms with Gasteiger partial charge < -0.3 is 9.73 Å². The molecule has 2 heterocycles. The Morgan fingerprint density at radius 2 is 1.81 bits per heavy atom. The zero-order valence-corrected chi connectivity index (χ0v) is 20.4. The van der Waals surface area contributed by atoms with Crippen LogP contribution < -0.4 is 10.9 Å². The molecule has 37 heavy (non-hydrogen) atoms. The monoisotopic (exact) mass is 531 g/mol. The number of alkyl halides is 3. The number of pyridine rings is 1. The van der Waals surface area contributed by atoms with Crippen molar-refractivity contribution in [1.82, 2.24) is 14.9 Å². The van der Waals surface area contributed by atoms with Crippen molar-refractivity contribution in [1.29, 1.82) is 0 Å². The molecule has 0 spiro atoms. The van der Waals surface area contributed by atoms with Gasteiger partial charge in [0.25, 0.3) is 11.5 Å². The number of amides is 1. The third kappa shape index (κ3) is 5.48. The Labute approximate surface area is 209 Å². The van der Waals surface area contributed by atoms with E-state index in [1.165, 1.54) is 61.8 Å². The lowest BCUT2D eigenvalue weighted by atomic mass is 10.1. The van der Waals surface area contributed by atoms with Crippen LogP contribution >= 0.6 is 0 Å². The van der Waals surface area contributed by atoms with E-state index in [4.69, 9.17) is 4.42 Å². The summed E-state index contributed by atoms with van der Waals surface area (Å²) in [6.45, 7) is 1.47. The van der Waals surface area contributed by atoms with Crippen LogP contribution in [0.2, 0.25) is 0 Å². The Morgan fingerprint density at radius 1 is 1.11 bits per heavy atom. The first-order valence-corrected chi connectivity index (χ1v) is 12.7. The average Bonchev–Trinajstić information content (AvgIpc) is 3.37. The summed E-state index contributed by atoms with van der Waals surface area (Å²) in [4.78, 5) is 30.6. The van der Waals surface area contributed by atoms with Gasteiger partial charge in [0.15, 0.2) is 9.84 Å². The molecule has 192 valence electrons. The highest BCUT2D eigenvalue weighted by atomic mass is 32.2. The van der Waals surface area contributed by atoms with Gasteiger partial charge >= 0.3 is 6.18 Å². The maximum Gasteiger partial charge on any atom is 0.416 e. The Hall–Kier alpha value is -4.19. The van der Waals surface area contributed by atoms with E-state index < -0.39 is 33.0 Å². The fourth-order valence-electron chi connectivity index (χ4n) is 3.70. The minimum Gasteiger partial charge on any atom is -0.444 e. The number of hydrogen-bond donors (Lipinski definition) is 1. The Kier molecular flexibility index (Phi) is 6.78. The maximum absolute atomic E-state index is 13.4. The first-order valence-electron chi connectivity index (χ1n) is 10.8. The topological polar surface area (TPSA) is 111 Å². The van der Waals surface area contributed by atoms with Crippen molar-refractivity contribution in [2.45, 2.75) is 24.5 Å². The molecule has 0 saturated carbocycles. The van der Waals surface area contributed by atoms with Crippen molar-refractivity contribution >= 4 is 15.7 Å². The van der Waals surface area contributed by atoms with Gasteiger partial charge in [0.2, 0.25) is 5.89 Å². The Morgan fingerprint density at radius 3 is 2.41 bits per heavy atom. The van der Waals surface area contributed by atoms with Gasteiger partial charge in [-0.3, -0.25) is 14.2 Å². The molecule has 4 rings (SSSR count). The lowest BCUT2D eigenvalue weighted by Crippen LogP contribution is -2.33. The van der Waals surface area contributed by atoms with Crippen LogP contribution in [-0.2, 0) is 22.6 Å². The normalized spacial score (nSPS) is 11.9. The van der Waals surface area contributed by atoms with E-state index in [-0.39, 0.29) is 39.8 Å². The van der Waals surface area contributed by atoms with Gasteiger partial charge in [-0.2, -0.15) is 13.2 Å². The van der Waals surface area contributed by atoms with Crippen LogP contribution in [0.4, 0.5) is 13.2 Å². The fraction of sp³-hybridized carbons (Fsp3) is 0.160. The predicted octanol–water partition coefficient (Wildman–Crippen LogP) is 4.15. The standard InChI is InChI=1S/C25H20F3N3O5S/c1-15-20(23-29-10-11-36-23)13-21(22(32)30-14-16-6-8-19(9-7-16)37(2,34)35)24(33)31(15)18-5-3-4-17(12-18)25(26,27)28/h3-13H,14H2,1-2H3,(H,30,32). The number of sulfone groups is 1. The quantitative estimate of drug-likeness (QED) is 0.400. The minimum atomic E-state index is -4.64. The van der Waals surface area contributed by atoms with Crippen LogP contribution in [-0.4, -0.2) is 30.1 Å². The molecule has 12 heteroatoms. The summed E-state index contributed by atoms with van der Waals surface area (Å²) >= 11 is 0. The predicted molar refractivity (Wildman–Crippen MR) is 128 cm³/mol. The number of benzene rings is 2. The molecule has 0 bridgehead atoms. The number of rotatable bonds is 6. The third-order valence-corrected chi connectivity index (χ3v) is 6.72. The van der Waals surface area contributed by atoms with E-state index in [1.807, 2.05) is 0 Å². The van der Waals surface area contributed by atoms with E-state index in [9.17, 15) is 31.2 Å². The number of nitrogens with zero attached hydrogens (tertiary/aromatic N) is 2. The van der Waals surface area contributed by atoms with Crippen molar-refractivity contribution in [3.05, 3.63) is 99.8 Å². The molecular weight excluding hydrogens is 511 g/mol. The van der Waals surface area contributed by atoms with E-state index in [2.05, 4.69) is 10.3 Å². The second kappa shape index (κ2) is 9.69. The van der Waals surface area contributed by atoms with E-state index in [0.29, 0.717) is 5.56 Å². The summed E-state index contributed by atoms with van der Waals surface area (Å²) in [5.41, 5.74) is -1.19. The van der Waals surface area contributed by atoms with Crippen molar-refractivity contribution in [3.63, 3.8) is 0 Å². The van der Waals surface area contributed by atoms with E-state index in [0.717, 1.165) is 23.0 Å². The Balaban J connectivity index is 1.75. The summed E-state index contributed by atoms with van der Waals surface area (Å²) in [7, 11) is -3.39. The molecule has 0 aliphatic heterocycles. The molecule has 4 aromatic rings. The molecule has 0 radical (unpaired) electrons. The minimum absolute atomic E-state index is 0.0336. The van der Waals surface area contributed by atoms with Crippen molar-refractivity contribution < 1.29 is 30.8 Å². The zero-order valence-electron chi connectivity index (χ0n) is 19.5. The van der Waals surface area contributed by atoms with E-state index >= 15 is 0 Å². The van der Waals surface area contributed by atoms with Crippen molar-refractivity contribution in [2.24, 2.45) is 0 Å². The number of nitrogens with one attached hydrogen (secondary N) is 1. The molecule has 2 aromatic carbocycles. The van der Waals surface area contributed by atoms with Crippen LogP contribution in [0.1, 0.15) is 27.2 Å². The highest BCUT2D eigenvalue weighted by molar-refractivity contribution is 7.90. The van der Waals surface area contributed by atoms with E-state index in [1.54, 1.807) is 0 Å². The fourth-order valence-corrected chi connectivity index (χ4v) is 4.33. The van der Waals surface area contributed by atoms with Gasteiger partial charge in [0.1, 0.15) is 11.8 Å². The molecule has 2 aromatic heterocycles. The average molecular weight is 532 g/mol. The Bertz CT molecular complexity index is 1630. The number of carbonyl (C=O) groups excluding carboxylic acids is 1. The number of aromatic nitrogens is 2. The van der Waals surface area contributed by atoms with Gasteiger partial charge in [-0.15, -0.1) is 0 Å². The summed E-state index contributed by atoms with van der Waals surface area (Å²) < 4.78 is 69.6. The summed E-state index contributed by atoms with van der Waals surface area (Å²) in [5, 5.41) is 2.59. The highest BCUT2D eigenvalue weighted by Crippen LogP contribution is 2.31. The molecule has 0 unspecified atom stereocenters. The lowest BCUT2D eigenvalue weighted by Gasteiger charge is -2.17. The number of hydrogen-bond acceptors (Lipinski definition) is 6. The summed E-state index contributed by atoms with van der Waals surface area (Å²) in [5.74, 6) is -0.714. The molecule has 8 nitrogen and oxygen atoms in total. The van der Waals surface area contributed by atoms with Crippen molar-refractivity contribution in [2.75, 3.05) is 6.26 Å². The van der Waals surface area contributed by atoms with Gasteiger partial charge in [-0.1, -0.05) is 18.2 Å². The molecule has 0 fully saturated rings. The van der Waals surface area contributed by atoms with Crippen LogP contribution in [0.15, 0.2) is 81.2 Å². The van der Waals surface area contributed by atoms with Gasteiger partial charge in [0.05, 0.1) is 22.2 Å². The molecule has 0 aliphatic carbocycles. The largest absolute Gasteiger partial charge is 0.444 e. The summed E-state index contributed by atoms with van der Waals surface area (Å²) in [6, 6.07) is 11.3. The molecule has 0 atom stereocenters. The second-order valence-electron chi connectivity index (χ2n) is 8.18. The molecular formula is C25H20F3N3O5S. The molecule has 1 N–H and O–H groups in total. The smallest absolute Gasteiger partial charge is 0.416 e. The SMILES string of the molecule is Cc1c(-c2ncco2)cc(C(=O)NCc2ccc(S(C)(=O)=O)cc2)c(=O)n1-c1cccc(C(F)(F)F)c1. The van der Waals surface area contributed by atoms with Crippen LogP contribution in [0.3, 0.4) is 0 Å². The highest BCUT2D eigenvalue weighted by Gasteiger charge is 2.31. The number of carbonyl (C=O) groups is 1. The van der Waals surface area contributed by atoms with Crippen LogP contribution in [0.5, 0.6) is 0 Å². The van der Waals surface area contributed by atoms with Gasteiger partial charge in [0, 0.05) is 24.2 Å². The number of oxazole rings is 1. The lowest BCUT2D eigenvalue weighted by molar-refractivity contribution is -0.137. The number of halogens is 3. The maximum atomic E-state index is 13.4. The van der Waals surface area contributed by atoms with Crippen LogP contribution in [0, 0.1) is 6.92 Å². The first kappa shape index (κ1) is 25.9. The first-order chi connectivity index (χ1) is 17.4.